The molecule has 2 aromatic carbocycles. The highest BCUT2D eigenvalue weighted by atomic mass is 35.5. The molecule has 0 radical (unpaired) electrons. The van der Waals surface area contributed by atoms with Crippen molar-refractivity contribution in [1.29, 1.82) is 0 Å². The van der Waals surface area contributed by atoms with Gasteiger partial charge in [0.15, 0.2) is 5.84 Å². The Labute approximate surface area is 127 Å². The third-order valence-corrected chi connectivity index (χ3v) is 3.61. The zero-order chi connectivity index (χ0) is 15.4. The first-order valence-electron chi connectivity index (χ1n) is 6.29. The summed E-state index contributed by atoms with van der Waals surface area (Å²) in [6.07, 6.45) is 0. The number of nitrogens with two attached hydrogens (primary N) is 1. The number of hydrogen-bond donors (Lipinski definition) is 3. The van der Waals surface area contributed by atoms with E-state index in [-0.39, 0.29) is 17.9 Å². The molecule has 2 aromatic rings. The molecule has 0 saturated heterocycles. The second-order valence-electron chi connectivity index (χ2n) is 4.53. The fourth-order valence-electron chi connectivity index (χ4n) is 1.96. The molecule has 0 heterocycles. The molecule has 0 fully saturated rings. The molecule has 0 saturated carbocycles. The molecule has 0 bridgehead atoms. The normalized spacial score (nSPS) is 11.5. The molecule has 0 spiro atoms. The van der Waals surface area contributed by atoms with E-state index in [1.165, 1.54) is 6.07 Å². The number of nitrogens with zero attached hydrogens (tertiary/aromatic N) is 1. The van der Waals surface area contributed by atoms with E-state index in [1.807, 2.05) is 19.1 Å². The van der Waals surface area contributed by atoms with Crippen molar-refractivity contribution in [1.82, 2.24) is 0 Å². The van der Waals surface area contributed by atoms with Crippen molar-refractivity contribution in [3.05, 3.63) is 63.9 Å². The largest absolute Gasteiger partial charge is 0.409 e. The Balaban J connectivity index is 2.23. The summed E-state index contributed by atoms with van der Waals surface area (Å²) in [5.41, 5.74) is 7.65. The lowest BCUT2D eigenvalue weighted by atomic mass is 10.1. The smallest absolute Gasteiger partial charge is 0.173 e. The second-order valence-corrected chi connectivity index (χ2v) is 4.94. The highest BCUT2D eigenvalue weighted by Crippen LogP contribution is 2.24. The monoisotopic (exact) mass is 307 g/mol. The average Bonchev–Trinajstić information content (AvgIpc) is 2.49. The van der Waals surface area contributed by atoms with Gasteiger partial charge in [-0.05, 0) is 30.7 Å². The Morgan fingerprint density at radius 1 is 1.33 bits per heavy atom. The topological polar surface area (TPSA) is 70.6 Å². The van der Waals surface area contributed by atoms with Crippen LogP contribution in [-0.4, -0.2) is 11.0 Å². The summed E-state index contributed by atoms with van der Waals surface area (Å²) in [5.74, 6) is -0.770. The van der Waals surface area contributed by atoms with Crippen LogP contribution in [0.4, 0.5) is 10.1 Å². The summed E-state index contributed by atoms with van der Waals surface area (Å²) in [5, 5.41) is 15.2. The fourth-order valence-corrected chi connectivity index (χ4v) is 2.13. The van der Waals surface area contributed by atoms with Crippen molar-refractivity contribution < 1.29 is 9.60 Å². The van der Waals surface area contributed by atoms with Gasteiger partial charge in [-0.1, -0.05) is 35.0 Å². The van der Waals surface area contributed by atoms with Crippen molar-refractivity contribution in [2.45, 2.75) is 13.5 Å². The Kier molecular flexibility index (Phi) is 4.65. The van der Waals surface area contributed by atoms with Crippen LogP contribution in [0.3, 0.4) is 0 Å². The molecular formula is C15H15ClFN3O. The highest BCUT2D eigenvalue weighted by molar-refractivity contribution is 6.31. The predicted molar refractivity (Wildman–Crippen MR) is 82.4 cm³/mol. The SMILES string of the molecule is Cc1c(Cl)cccc1NCc1cccc(/C(N)=N/O)c1F. The van der Waals surface area contributed by atoms with Gasteiger partial charge in [-0.3, -0.25) is 0 Å². The van der Waals surface area contributed by atoms with Crippen LogP contribution < -0.4 is 11.1 Å². The summed E-state index contributed by atoms with van der Waals surface area (Å²) >= 11 is 6.04. The van der Waals surface area contributed by atoms with E-state index in [0.717, 1.165) is 11.3 Å². The zero-order valence-electron chi connectivity index (χ0n) is 11.4. The van der Waals surface area contributed by atoms with Crippen LogP contribution in [0.15, 0.2) is 41.6 Å². The van der Waals surface area contributed by atoms with Crippen molar-refractivity contribution in [2.24, 2.45) is 10.9 Å². The minimum Gasteiger partial charge on any atom is -0.409 e. The number of amidine groups is 1. The van der Waals surface area contributed by atoms with Gasteiger partial charge in [0.05, 0.1) is 5.56 Å². The summed E-state index contributed by atoms with van der Waals surface area (Å²) < 4.78 is 14.3. The summed E-state index contributed by atoms with van der Waals surface area (Å²) in [6.45, 7) is 2.15. The first kappa shape index (κ1) is 15.1. The van der Waals surface area contributed by atoms with Gasteiger partial charge in [0.1, 0.15) is 5.82 Å². The number of halogens is 2. The Hall–Kier alpha value is -2.27. The Morgan fingerprint density at radius 3 is 2.76 bits per heavy atom. The van der Waals surface area contributed by atoms with Crippen LogP contribution in [0.2, 0.25) is 5.02 Å². The van der Waals surface area contributed by atoms with Crippen molar-refractivity contribution in [3.8, 4) is 0 Å². The van der Waals surface area contributed by atoms with Gasteiger partial charge in [-0.2, -0.15) is 0 Å². The molecule has 0 atom stereocenters. The van der Waals surface area contributed by atoms with Gasteiger partial charge in [0, 0.05) is 22.8 Å². The zero-order valence-corrected chi connectivity index (χ0v) is 12.2. The van der Waals surface area contributed by atoms with E-state index in [1.54, 1.807) is 18.2 Å². The molecule has 21 heavy (non-hydrogen) atoms. The Bertz CT molecular complexity index is 689. The third-order valence-electron chi connectivity index (χ3n) is 3.20. The first-order chi connectivity index (χ1) is 10.0. The number of hydrogen-bond acceptors (Lipinski definition) is 3. The molecule has 0 aromatic heterocycles. The minimum absolute atomic E-state index is 0.0691. The van der Waals surface area contributed by atoms with Gasteiger partial charge in [-0.25, -0.2) is 4.39 Å². The van der Waals surface area contributed by atoms with Gasteiger partial charge in [0.2, 0.25) is 0 Å². The average molecular weight is 308 g/mol. The fraction of sp³-hybridized carbons (Fsp3) is 0.133. The van der Waals surface area contributed by atoms with Gasteiger partial charge >= 0.3 is 0 Å². The molecule has 6 heteroatoms. The summed E-state index contributed by atoms with van der Waals surface area (Å²) in [7, 11) is 0. The van der Waals surface area contributed by atoms with E-state index in [2.05, 4.69) is 10.5 Å². The highest BCUT2D eigenvalue weighted by Gasteiger charge is 2.11. The number of anilines is 1. The summed E-state index contributed by atoms with van der Waals surface area (Å²) in [4.78, 5) is 0. The molecule has 0 aliphatic rings. The van der Waals surface area contributed by atoms with Crippen LogP contribution in [0.5, 0.6) is 0 Å². The molecule has 0 unspecified atom stereocenters. The molecule has 2 rings (SSSR count). The lowest BCUT2D eigenvalue weighted by molar-refractivity contribution is 0.318. The number of nitrogens with one attached hydrogen (secondary N) is 1. The van der Waals surface area contributed by atoms with Crippen LogP contribution in [0.25, 0.3) is 0 Å². The molecule has 4 nitrogen and oxygen atoms in total. The molecular weight excluding hydrogens is 293 g/mol. The lowest BCUT2D eigenvalue weighted by Crippen LogP contribution is -2.16. The van der Waals surface area contributed by atoms with E-state index < -0.39 is 5.82 Å². The minimum atomic E-state index is -0.514. The van der Waals surface area contributed by atoms with E-state index in [0.29, 0.717) is 10.6 Å². The van der Waals surface area contributed by atoms with Crippen LogP contribution in [0, 0.1) is 12.7 Å². The van der Waals surface area contributed by atoms with Crippen LogP contribution >= 0.6 is 11.6 Å². The Morgan fingerprint density at radius 2 is 2.05 bits per heavy atom. The molecule has 4 N–H and O–H groups in total. The maximum absolute atomic E-state index is 14.3. The standard InChI is InChI=1S/C15H15ClFN3O/c1-9-12(16)6-3-7-13(9)19-8-10-4-2-5-11(14(10)17)15(18)20-21/h2-7,19,21H,8H2,1H3,(H2,18,20). The van der Waals surface area contributed by atoms with Crippen molar-refractivity contribution >= 4 is 23.1 Å². The molecule has 0 aliphatic carbocycles. The second kappa shape index (κ2) is 6.45. The first-order valence-corrected chi connectivity index (χ1v) is 6.66. The molecule has 110 valence electrons. The lowest BCUT2D eigenvalue weighted by Gasteiger charge is -2.12. The van der Waals surface area contributed by atoms with E-state index >= 15 is 0 Å². The number of oxime groups is 1. The summed E-state index contributed by atoms with van der Waals surface area (Å²) in [6, 6.07) is 10.2. The van der Waals surface area contributed by atoms with Gasteiger partial charge < -0.3 is 16.3 Å². The van der Waals surface area contributed by atoms with Crippen molar-refractivity contribution in [2.75, 3.05) is 5.32 Å². The van der Waals surface area contributed by atoms with Crippen molar-refractivity contribution in [3.63, 3.8) is 0 Å². The third kappa shape index (κ3) is 3.25. The molecule has 0 aliphatic heterocycles. The van der Waals surface area contributed by atoms with E-state index in [9.17, 15) is 4.39 Å². The maximum Gasteiger partial charge on any atom is 0.173 e. The van der Waals surface area contributed by atoms with Gasteiger partial charge in [0.25, 0.3) is 0 Å². The quantitative estimate of drug-likeness (QED) is 0.350. The number of rotatable bonds is 4. The number of benzene rings is 2. The predicted octanol–water partition coefficient (Wildman–Crippen LogP) is 3.49. The van der Waals surface area contributed by atoms with Gasteiger partial charge in [-0.15, -0.1) is 0 Å². The van der Waals surface area contributed by atoms with Crippen LogP contribution in [-0.2, 0) is 6.54 Å². The van der Waals surface area contributed by atoms with E-state index in [4.69, 9.17) is 22.5 Å². The maximum atomic E-state index is 14.3. The molecule has 0 amide bonds. The van der Waals surface area contributed by atoms with Crippen LogP contribution in [0.1, 0.15) is 16.7 Å².